The minimum atomic E-state index is -3.76. The molecule has 0 radical (unpaired) electrons. The average molecular weight is 477 g/mol. The second kappa shape index (κ2) is 9.65. The summed E-state index contributed by atoms with van der Waals surface area (Å²) >= 11 is 0. The van der Waals surface area contributed by atoms with Crippen molar-refractivity contribution in [1.29, 1.82) is 0 Å². The van der Waals surface area contributed by atoms with Crippen LogP contribution >= 0.6 is 0 Å². The fraction of sp³-hybridized carbons (Fsp3) is 0.333. The molecule has 0 unspecified atom stereocenters. The van der Waals surface area contributed by atoms with E-state index < -0.39 is 21.8 Å². The van der Waals surface area contributed by atoms with E-state index in [1.807, 2.05) is 0 Å². The maximum absolute atomic E-state index is 12.9. The van der Waals surface area contributed by atoms with Crippen molar-refractivity contribution in [2.45, 2.75) is 4.90 Å². The van der Waals surface area contributed by atoms with Crippen LogP contribution in [-0.2, 0) is 19.6 Å². The van der Waals surface area contributed by atoms with Gasteiger partial charge in [0.2, 0.25) is 22.7 Å². The van der Waals surface area contributed by atoms with Gasteiger partial charge < -0.3 is 29.6 Å². The lowest BCUT2D eigenvalue weighted by atomic mass is 10.2. The number of nitrogens with zero attached hydrogens (tertiary/aromatic N) is 1. The molecule has 2 aliphatic rings. The second-order valence-electron chi connectivity index (χ2n) is 7.18. The molecule has 2 aromatic carbocycles. The molecular formula is C21H23N3O8S. The van der Waals surface area contributed by atoms with E-state index in [1.54, 1.807) is 12.1 Å². The van der Waals surface area contributed by atoms with Crippen LogP contribution in [0.1, 0.15) is 10.4 Å². The highest BCUT2D eigenvalue weighted by Gasteiger charge is 2.27. The molecule has 0 aromatic heterocycles. The number of sulfonamides is 1. The molecule has 2 aliphatic heterocycles. The van der Waals surface area contributed by atoms with Crippen LogP contribution in [0.15, 0.2) is 41.3 Å². The highest BCUT2D eigenvalue weighted by molar-refractivity contribution is 7.89. The molecule has 1 saturated heterocycles. The van der Waals surface area contributed by atoms with Gasteiger partial charge in [0, 0.05) is 18.7 Å². The van der Waals surface area contributed by atoms with E-state index >= 15 is 0 Å². The molecule has 0 atom stereocenters. The van der Waals surface area contributed by atoms with Crippen LogP contribution in [0.2, 0.25) is 0 Å². The summed E-state index contributed by atoms with van der Waals surface area (Å²) in [6.45, 7) is 0.899. The molecule has 33 heavy (non-hydrogen) atoms. The summed E-state index contributed by atoms with van der Waals surface area (Å²) in [5, 5.41) is 5.11. The number of nitrogens with one attached hydrogen (secondary N) is 2. The van der Waals surface area contributed by atoms with E-state index in [0.717, 1.165) is 0 Å². The Morgan fingerprint density at radius 2 is 1.82 bits per heavy atom. The third-order valence-electron chi connectivity index (χ3n) is 5.10. The molecule has 0 spiro atoms. The minimum Gasteiger partial charge on any atom is -0.495 e. The number of carbonyl (C=O) groups excluding carboxylic acids is 2. The van der Waals surface area contributed by atoms with Crippen LogP contribution in [0.3, 0.4) is 0 Å². The van der Waals surface area contributed by atoms with Crippen molar-refractivity contribution in [3.63, 3.8) is 0 Å². The van der Waals surface area contributed by atoms with Gasteiger partial charge in [-0.05, 0) is 36.4 Å². The fourth-order valence-corrected chi connectivity index (χ4v) is 4.81. The number of rotatable bonds is 7. The van der Waals surface area contributed by atoms with Gasteiger partial charge in [-0.3, -0.25) is 9.59 Å². The van der Waals surface area contributed by atoms with Crippen molar-refractivity contribution < 1.29 is 37.0 Å². The quantitative estimate of drug-likeness (QED) is 0.599. The Labute approximate surface area is 190 Å². The van der Waals surface area contributed by atoms with E-state index in [-0.39, 0.29) is 42.8 Å². The summed E-state index contributed by atoms with van der Waals surface area (Å²) in [7, 11) is -2.35. The first kappa shape index (κ1) is 22.8. The molecule has 4 rings (SSSR count). The zero-order valence-corrected chi connectivity index (χ0v) is 18.6. The minimum absolute atomic E-state index is 0.0184. The van der Waals surface area contributed by atoms with Gasteiger partial charge >= 0.3 is 0 Å². The van der Waals surface area contributed by atoms with Crippen molar-refractivity contribution in [3.8, 4) is 17.2 Å². The SMILES string of the molecule is COc1ccc(S(=O)(=O)N2CCOCC2)cc1NC(=O)CNC(=O)c1ccc2c(c1)OCO2. The zero-order chi connectivity index (χ0) is 23.4. The molecule has 0 bridgehead atoms. The molecule has 176 valence electrons. The van der Waals surface area contributed by atoms with E-state index in [0.29, 0.717) is 30.3 Å². The zero-order valence-electron chi connectivity index (χ0n) is 17.8. The molecule has 0 saturated carbocycles. The molecule has 2 amide bonds. The molecule has 2 heterocycles. The number of ether oxygens (including phenoxy) is 4. The molecule has 1 fully saturated rings. The highest BCUT2D eigenvalue weighted by atomic mass is 32.2. The van der Waals surface area contributed by atoms with Gasteiger partial charge in [-0.1, -0.05) is 0 Å². The third kappa shape index (κ3) is 5.02. The first-order chi connectivity index (χ1) is 15.9. The number of hydrogen-bond donors (Lipinski definition) is 2. The van der Waals surface area contributed by atoms with Gasteiger partial charge in [-0.25, -0.2) is 8.42 Å². The van der Waals surface area contributed by atoms with E-state index in [4.69, 9.17) is 18.9 Å². The van der Waals surface area contributed by atoms with E-state index in [9.17, 15) is 18.0 Å². The monoisotopic (exact) mass is 477 g/mol. The first-order valence-electron chi connectivity index (χ1n) is 10.1. The summed E-state index contributed by atoms with van der Waals surface area (Å²) in [5.74, 6) is 0.257. The van der Waals surface area contributed by atoms with Gasteiger partial charge in [0.25, 0.3) is 5.91 Å². The lowest BCUT2D eigenvalue weighted by Gasteiger charge is -2.26. The highest BCUT2D eigenvalue weighted by Crippen LogP contribution is 2.32. The third-order valence-corrected chi connectivity index (χ3v) is 6.99. The number of carbonyl (C=O) groups is 2. The Hall–Kier alpha value is -3.35. The van der Waals surface area contributed by atoms with E-state index in [2.05, 4.69) is 10.6 Å². The normalized spacial score (nSPS) is 15.7. The Bertz CT molecular complexity index is 1160. The summed E-state index contributed by atoms with van der Waals surface area (Å²) in [6.07, 6.45) is 0. The van der Waals surface area contributed by atoms with Crippen LogP contribution in [0.5, 0.6) is 17.2 Å². The second-order valence-corrected chi connectivity index (χ2v) is 9.12. The van der Waals surface area contributed by atoms with Gasteiger partial charge in [0.1, 0.15) is 5.75 Å². The number of morpholine rings is 1. The Kier molecular flexibility index (Phi) is 6.67. The van der Waals surface area contributed by atoms with Crippen LogP contribution < -0.4 is 24.8 Å². The van der Waals surface area contributed by atoms with Gasteiger partial charge in [-0.2, -0.15) is 4.31 Å². The number of fused-ring (bicyclic) bond motifs is 1. The Morgan fingerprint density at radius 3 is 2.58 bits per heavy atom. The van der Waals surface area contributed by atoms with Crippen molar-refractivity contribution in [3.05, 3.63) is 42.0 Å². The Morgan fingerprint density at radius 1 is 1.06 bits per heavy atom. The topological polar surface area (TPSA) is 132 Å². The average Bonchev–Trinajstić information content (AvgIpc) is 3.31. The molecule has 12 heteroatoms. The molecule has 11 nitrogen and oxygen atoms in total. The lowest BCUT2D eigenvalue weighted by molar-refractivity contribution is -0.115. The fourth-order valence-electron chi connectivity index (χ4n) is 3.38. The van der Waals surface area contributed by atoms with Crippen LogP contribution in [-0.4, -0.2) is 71.3 Å². The number of hydrogen-bond acceptors (Lipinski definition) is 8. The van der Waals surface area contributed by atoms with Gasteiger partial charge in [0.05, 0.1) is 37.5 Å². The van der Waals surface area contributed by atoms with Crippen molar-refractivity contribution in [1.82, 2.24) is 9.62 Å². The number of methoxy groups -OCH3 is 1. The maximum Gasteiger partial charge on any atom is 0.251 e. The van der Waals surface area contributed by atoms with Crippen LogP contribution in [0.4, 0.5) is 5.69 Å². The predicted octanol–water partition coefficient (Wildman–Crippen LogP) is 0.813. The van der Waals surface area contributed by atoms with Crippen molar-refractivity contribution >= 4 is 27.5 Å². The molecular weight excluding hydrogens is 454 g/mol. The summed E-state index contributed by atoms with van der Waals surface area (Å²) in [6, 6.07) is 8.92. The van der Waals surface area contributed by atoms with Gasteiger partial charge in [-0.15, -0.1) is 0 Å². The number of benzene rings is 2. The maximum atomic E-state index is 12.9. The van der Waals surface area contributed by atoms with Gasteiger partial charge in [0.15, 0.2) is 11.5 Å². The number of amides is 2. The summed E-state index contributed by atoms with van der Waals surface area (Å²) in [5.41, 5.74) is 0.484. The number of anilines is 1. The van der Waals surface area contributed by atoms with Crippen LogP contribution in [0, 0.1) is 0 Å². The van der Waals surface area contributed by atoms with Crippen molar-refractivity contribution in [2.75, 3.05) is 52.1 Å². The molecule has 2 aromatic rings. The first-order valence-corrected chi connectivity index (χ1v) is 11.6. The summed E-state index contributed by atoms with van der Waals surface area (Å²) < 4.78 is 48.1. The largest absolute Gasteiger partial charge is 0.495 e. The van der Waals surface area contributed by atoms with E-state index in [1.165, 1.54) is 35.7 Å². The van der Waals surface area contributed by atoms with Crippen LogP contribution in [0.25, 0.3) is 0 Å². The standard InChI is InChI=1S/C21H23N3O8S/c1-29-17-5-3-15(33(27,28)24-6-8-30-9-7-24)11-16(17)23-20(25)12-22-21(26)14-2-4-18-19(10-14)32-13-31-18/h2-5,10-11H,6-9,12-13H2,1H3,(H,22,26)(H,23,25). The van der Waals surface area contributed by atoms with Crippen molar-refractivity contribution in [2.24, 2.45) is 0 Å². The Balaban J connectivity index is 1.42. The molecule has 0 aliphatic carbocycles. The smallest absolute Gasteiger partial charge is 0.251 e. The lowest BCUT2D eigenvalue weighted by Crippen LogP contribution is -2.40. The predicted molar refractivity (Wildman–Crippen MR) is 116 cm³/mol. The summed E-state index contributed by atoms with van der Waals surface area (Å²) in [4.78, 5) is 24.9. The molecule has 2 N–H and O–H groups in total.